The minimum Gasteiger partial charge on any atom is -0.477 e. The third-order valence-electron chi connectivity index (χ3n) is 6.04. The average Bonchev–Trinajstić information content (AvgIpc) is 2.80. The maximum absolute atomic E-state index is 13.6. The van der Waals surface area contributed by atoms with Crippen LogP contribution in [0.4, 0.5) is 18.9 Å². The van der Waals surface area contributed by atoms with Crippen molar-refractivity contribution in [3.05, 3.63) is 72.4 Å². The van der Waals surface area contributed by atoms with E-state index >= 15 is 0 Å². The average molecular weight is 456 g/mol. The Morgan fingerprint density at radius 1 is 1.09 bits per heavy atom. The Hall–Kier alpha value is -3.06. The van der Waals surface area contributed by atoms with Crippen LogP contribution in [0.5, 0.6) is 5.88 Å². The van der Waals surface area contributed by atoms with Crippen LogP contribution in [0.3, 0.4) is 0 Å². The van der Waals surface area contributed by atoms with E-state index in [2.05, 4.69) is 28.8 Å². The summed E-state index contributed by atoms with van der Waals surface area (Å²) in [5, 5.41) is 4.60. The molecule has 1 fully saturated rings. The Balaban J connectivity index is 1.66. The first-order valence-corrected chi connectivity index (χ1v) is 11.1. The minimum atomic E-state index is -4.58. The summed E-state index contributed by atoms with van der Waals surface area (Å²) in [7, 11) is 2.09. The number of hydrogen-bond donors (Lipinski definition) is 1. The number of halogens is 3. The maximum Gasteiger partial charge on any atom is 0.417 e. The van der Waals surface area contributed by atoms with Crippen molar-refractivity contribution in [2.24, 2.45) is 0 Å². The molecule has 4 rings (SSSR count). The summed E-state index contributed by atoms with van der Waals surface area (Å²) in [5.41, 5.74) is 0.704. The number of anilines is 1. The standard InChI is InChI=1S/C26H28F3N3O/c1-18(26(27,28)29)25-21-9-6-10-23(30-20-11-14-32(2)15-12-20)22(21)17-24(31-25)33-16-13-19-7-4-3-5-8-19/h3-10,17,20,30H,1,11-16H2,2H3. The topological polar surface area (TPSA) is 37.4 Å². The second kappa shape index (κ2) is 9.83. The van der Waals surface area contributed by atoms with E-state index in [-0.39, 0.29) is 17.6 Å². The molecule has 7 heteroatoms. The smallest absolute Gasteiger partial charge is 0.417 e. The lowest BCUT2D eigenvalue weighted by Gasteiger charge is -2.30. The second-order valence-corrected chi connectivity index (χ2v) is 8.49. The van der Waals surface area contributed by atoms with Crippen LogP contribution in [0.2, 0.25) is 0 Å². The van der Waals surface area contributed by atoms with Crippen LogP contribution >= 0.6 is 0 Å². The zero-order valence-corrected chi connectivity index (χ0v) is 18.7. The van der Waals surface area contributed by atoms with Crippen molar-refractivity contribution in [2.75, 3.05) is 32.1 Å². The van der Waals surface area contributed by atoms with Gasteiger partial charge >= 0.3 is 6.18 Å². The molecule has 0 radical (unpaired) electrons. The monoisotopic (exact) mass is 455 g/mol. The van der Waals surface area contributed by atoms with Gasteiger partial charge in [-0.15, -0.1) is 0 Å². The highest BCUT2D eigenvalue weighted by atomic mass is 19.4. The van der Waals surface area contributed by atoms with Crippen molar-refractivity contribution in [3.63, 3.8) is 0 Å². The van der Waals surface area contributed by atoms with Crippen molar-refractivity contribution in [1.29, 1.82) is 0 Å². The molecule has 4 nitrogen and oxygen atoms in total. The van der Waals surface area contributed by atoms with Crippen LogP contribution in [0.15, 0.2) is 61.2 Å². The van der Waals surface area contributed by atoms with Crippen molar-refractivity contribution in [2.45, 2.75) is 31.5 Å². The Bertz CT molecular complexity index is 1110. The summed E-state index contributed by atoms with van der Waals surface area (Å²) in [6.45, 7) is 5.57. The lowest BCUT2D eigenvalue weighted by atomic mass is 10.0. The highest BCUT2D eigenvalue weighted by Gasteiger charge is 2.35. The molecule has 0 spiro atoms. The predicted octanol–water partition coefficient (Wildman–Crippen LogP) is 5.94. The molecular formula is C26H28F3N3O. The molecule has 1 N–H and O–H groups in total. The highest BCUT2D eigenvalue weighted by Crippen LogP contribution is 2.38. The molecule has 1 aliphatic rings. The summed E-state index contributed by atoms with van der Waals surface area (Å²) in [6.07, 6.45) is -2.01. The van der Waals surface area contributed by atoms with Gasteiger partial charge in [-0.25, -0.2) is 4.98 Å². The van der Waals surface area contributed by atoms with Crippen molar-refractivity contribution in [3.8, 4) is 5.88 Å². The molecule has 0 saturated carbocycles. The second-order valence-electron chi connectivity index (χ2n) is 8.49. The number of ether oxygens (including phenoxy) is 1. The number of rotatable bonds is 7. The summed E-state index contributed by atoms with van der Waals surface area (Å²) >= 11 is 0. The highest BCUT2D eigenvalue weighted by molar-refractivity contribution is 6.00. The van der Waals surface area contributed by atoms with Crippen molar-refractivity contribution in [1.82, 2.24) is 9.88 Å². The van der Waals surface area contributed by atoms with Gasteiger partial charge in [0.05, 0.1) is 17.9 Å². The van der Waals surface area contributed by atoms with E-state index in [0.29, 0.717) is 23.8 Å². The normalized spacial score (nSPS) is 15.5. The number of alkyl halides is 3. The lowest BCUT2D eigenvalue weighted by molar-refractivity contribution is -0.0688. The molecule has 1 aromatic heterocycles. The maximum atomic E-state index is 13.6. The zero-order valence-electron chi connectivity index (χ0n) is 18.7. The first kappa shape index (κ1) is 23.1. The fraction of sp³-hybridized carbons (Fsp3) is 0.346. The van der Waals surface area contributed by atoms with E-state index in [1.165, 1.54) is 0 Å². The van der Waals surface area contributed by atoms with E-state index in [1.807, 2.05) is 36.4 Å². The number of likely N-dealkylation sites (tertiary alicyclic amines) is 1. The molecule has 0 atom stereocenters. The molecular weight excluding hydrogens is 427 g/mol. The molecule has 1 saturated heterocycles. The number of benzene rings is 2. The van der Waals surface area contributed by atoms with Gasteiger partial charge in [-0.1, -0.05) is 49.0 Å². The summed E-state index contributed by atoms with van der Waals surface area (Å²) < 4.78 is 46.6. The number of pyridine rings is 1. The van der Waals surface area contributed by atoms with Gasteiger partial charge < -0.3 is 15.0 Å². The Morgan fingerprint density at radius 3 is 2.52 bits per heavy atom. The fourth-order valence-electron chi connectivity index (χ4n) is 4.11. The molecule has 0 unspecified atom stereocenters. The number of nitrogens with one attached hydrogen (secondary N) is 1. The Labute approximate surface area is 192 Å². The predicted molar refractivity (Wildman–Crippen MR) is 127 cm³/mol. The molecule has 33 heavy (non-hydrogen) atoms. The van der Waals surface area contributed by atoms with Crippen LogP contribution in [0.25, 0.3) is 16.3 Å². The molecule has 3 aromatic rings. The first-order valence-electron chi connectivity index (χ1n) is 11.1. The van der Waals surface area contributed by atoms with E-state index in [0.717, 1.165) is 37.2 Å². The van der Waals surface area contributed by atoms with Crippen LogP contribution in [-0.2, 0) is 6.42 Å². The van der Waals surface area contributed by atoms with Gasteiger partial charge in [-0.05, 0) is 44.6 Å². The van der Waals surface area contributed by atoms with Crippen molar-refractivity contribution < 1.29 is 17.9 Å². The van der Waals surface area contributed by atoms with Crippen LogP contribution < -0.4 is 10.1 Å². The number of allylic oxidation sites excluding steroid dienone is 1. The number of hydrogen-bond acceptors (Lipinski definition) is 4. The van der Waals surface area contributed by atoms with Gasteiger partial charge in [0.2, 0.25) is 5.88 Å². The largest absolute Gasteiger partial charge is 0.477 e. The third-order valence-corrected chi connectivity index (χ3v) is 6.04. The van der Waals surface area contributed by atoms with Gasteiger partial charge in [0.1, 0.15) is 0 Å². The number of piperidine rings is 1. The molecule has 1 aliphatic heterocycles. The van der Waals surface area contributed by atoms with E-state index in [9.17, 15) is 13.2 Å². The Kier molecular flexibility index (Phi) is 6.88. The number of fused-ring (bicyclic) bond motifs is 1. The SMILES string of the molecule is C=C(c1nc(OCCc2ccccc2)cc2c(NC3CCN(C)CC3)cccc12)C(F)(F)F. The lowest BCUT2D eigenvalue weighted by Crippen LogP contribution is -2.36. The van der Waals surface area contributed by atoms with Crippen LogP contribution in [0, 0.1) is 0 Å². The quantitative estimate of drug-likeness (QED) is 0.479. The number of aromatic nitrogens is 1. The molecule has 0 amide bonds. The van der Waals surface area contributed by atoms with Gasteiger partial charge in [-0.3, -0.25) is 0 Å². The summed E-state index contributed by atoms with van der Waals surface area (Å²) in [6, 6.07) is 17.1. The summed E-state index contributed by atoms with van der Waals surface area (Å²) in [5.74, 6) is 0.163. The molecule has 174 valence electrons. The van der Waals surface area contributed by atoms with E-state index < -0.39 is 11.7 Å². The Morgan fingerprint density at radius 2 is 1.82 bits per heavy atom. The molecule has 2 heterocycles. The molecule has 2 aromatic carbocycles. The zero-order chi connectivity index (χ0) is 23.4. The number of nitrogens with zero attached hydrogens (tertiary/aromatic N) is 2. The van der Waals surface area contributed by atoms with Gasteiger partial charge in [0, 0.05) is 35.0 Å². The van der Waals surface area contributed by atoms with Crippen LogP contribution in [-0.4, -0.2) is 48.8 Å². The van der Waals surface area contributed by atoms with Gasteiger partial charge in [0.25, 0.3) is 0 Å². The van der Waals surface area contributed by atoms with Gasteiger partial charge in [0.15, 0.2) is 0 Å². The molecule has 0 aliphatic carbocycles. The van der Waals surface area contributed by atoms with E-state index in [1.54, 1.807) is 18.2 Å². The molecule has 0 bridgehead atoms. The van der Waals surface area contributed by atoms with Gasteiger partial charge in [-0.2, -0.15) is 13.2 Å². The van der Waals surface area contributed by atoms with Crippen LogP contribution in [0.1, 0.15) is 24.1 Å². The third kappa shape index (κ3) is 5.66. The van der Waals surface area contributed by atoms with Crippen molar-refractivity contribution >= 4 is 22.0 Å². The first-order chi connectivity index (χ1) is 15.8. The van der Waals surface area contributed by atoms with E-state index in [4.69, 9.17) is 4.74 Å². The minimum absolute atomic E-state index is 0.163. The summed E-state index contributed by atoms with van der Waals surface area (Å²) in [4.78, 5) is 6.49. The fourth-order valence-corrected chi connectivity index (χ4v) is 4.11.